The van der Waals surface area contributed by atoms with Gasteiger partial charge in [0.25, 0.3) is 0 Å². The second-order valence-electron chi connectivity index (χ2n) is 4.60. The highest BCUT2D eigenvalue weighted by molar-refractivity contribution is 5.94. The molecule has 2 amide bonds. The van der Waals surface area contributed by atoms with Crippen molar-refractivity contribution >= 4 is 11.7 Å². The largest absolute Gasteiger partial charge is 0.464 e. The number of nitrogens with zero attached hydrogens (tertiary/aromatic N) is 1. The number of benzene rings is 1. The highest BCUT2D eigenvalue weighted by atomic mass is 16.5. The molecule has 1 aromatic heterocycles. The van der Waals surface area contributed by atoms with Crippen molar-refractivity contribution in [2.45, 2.75) is 5.72 Å². The summed E-state index contributed by atoms with van der Waals surface area (Å²) in [5, 5.41) is 2.88. The lowest BCUT2D eigenvalue weighted by atomic mass is 9.95. The van der Waals surface area contributed by atoms with E-state index in [9.17, 15) is 4.79 Å². The number of nitrogens with one attached hydrogen (secondary N) is 1. The average Bonchev–Trinajstić information content (AvgIpc) is 3.09. The zero-order valence-corrected chi connectivity index (χ0v) is 10.1. The minimum Gasteiger partial charge on any atom is -0.464 e. The molecule has 0 saturated carbocycles. The van der Waals surface area contributed by atoms with Crippen LogP contribution >= 0.6 is 0 Å². The molecule has 1 atom stereocenters. The van der Waals surface area contributed by atoms with Crippen molar-refractivity contribution in [3.05, 3.63) is 54.0 Å². The molecule has 0 radical (unpaired) electrons. The number of carbonyl (C=O) groups is 1. The van der Waals surface area contributed by atoms with E-state index in [-0.39, 0.29) is 6.03 Å². The standard InChI is InChI=1S/C14H12N2O3/c17-13-15-11-5-2-1-4-10(11)14(12-6-3-8-18-12)16(13)7-9-19-14/h1-6,8H,7,9H2,(H,15,17). The third kappa shape index (κ3) is 1.25. The zero-order chi connectivity index (χ0) is 12.9. The van der Waals surface area contributed by atoms with Crippen LogP contribution in [0.15, 0.2) is 47.1 Å². The summed E-state index contributed by atoms with van der Waals surface area (Å²) < 4.78 is 11.5. The molecule has 1 N–H and O–H groups in total. The fourth-order valence-electron chi connectivity index (χ4n) is 2.87. The molecular weight excluding hydrogens is 244 g/mol. The number of urea groups is 1. The molecule has 19 heavy (non-hydrogen) atoms. The summed E-state index contributed by atoms with van der Waals surface area (Å²) in [4.78, 5) is 13.9. The van der Waals surface area contributed by atoms with Crippen LogP contribution < -0.4 is 5.32 Å². The van der Waals surface area contributed by atoms with Crippen LogP contribution in [0.3, 0.4) is 0 Å². The summed E-state index contributed by atoms with van der Waals surface area (Å²) in [5.74, 6) is 0.632. The molecule has 1 fully saturated rings. The molecule has 0 spiro atoms. The Kier molecular flexibility index (Phi) is 2.02. The average molecular weight is 256 g/mol. The highest BCUT2D eigenvalue weighted by Crippen LogP contribution is 2.46. The Morgan fingerprint density at radius 3 is 2.95 bits per heavy atom. The van der Waals surface area contributed by atoms with Gasteiger partial charge in [-0.15, -0.1) is 0 Å². The zero-order valence-electron chi connectivity index (χ0n) is 10.1. The number of ether oxygens (including phenoxy) is 1. The van der Waals surface area contributed by atoms with Gasteiger partial charge in [0.1, 0.15) is 0 Å². The minimum atomic E-state index is -0.928. The number of furan rings is 1. The molecule has 2 aliphatic heterocycles. The van der Waals surface area contributed by atoms with Crippen molar-refractivity contribution in [3.8, 4) is 0 Å². The first-order valence-corrected chi connectivity index (χ1v) is 6.18. The first-order chi connectivity index (χ1) is 9.32. The van der Waals surface area contributed by atoms with Gasteiger partial charge >= 0.3 is 6.03 Å². The lowest BCUT2D eigenvalue weighted by molar-refractivity contribution is -0.0488. The molecule has 1 aromatic carbocycles. The number of anilines is 1. The SMILES string of the molecule is O=C1Nc2ccccc2C2(c3ccco3)OCCN12. The normalized spacial score (nSPS) is 24.8. The van der Waals surface area contributed by atoms with Crippen molar-refractivity contribution in [2.75, 3.05) is 18.5 Å². The Bertz CT molecular complexity index is 638. The lowest BCUT2D eigenvalue weighted by Gasteiger charge is -2.40. The number of amides is 2. The van der Waals surface area contributed by atoms with Gasteiger partial charge in [0.05, 0.1) is 18.6 Å². The predicted molar refractivity (Wildman–Crippen MR) is 67.6 cm³/mol. The Hall–Kier alpha value is -2.27. The summed E-state index contributed by atoms with van der Waals surface area (Å²) in [6.07, 6.45) is 1.60. The Balaban J connectivity index is 2.02. The fraction of sp³-hybridized carbons (Fsp3) is 0.214. The number of carbonyl (C=O) groups excluding carboxylic acids is 1. The molecule has 4 rings (SSSR count). The van der Waals surface area contributed by atoms with Crippen LogP contribution in [-0.2, 0) is 10.5 Å². The van der Waals surface area contributed by atoms with E-state index in [0.29, 0.717) is 18.9 Å². The van der Waals surface area contributed by atoms with Crippen LogP contribution in [0.2, 0.25) is 0 Å². The first kappa shape index (κ1) is 10.6. The second kappa shape index (κ2) is 3.61. The van der Waals surface area contributed by atoms with Crippen molar-refractivity contribution in [1.29, 1.82) is 0 Å². The number of para-hydroxylation sites is 1. The molecule has 5 heteroatoms. The van der Waals surface area contributed by atoms with Gasteiger partial charge in [0, 0.05) is 12.1 Å². The van der Waals surface area contributed by atoms with Crippen LogP contribution in [0, 0.1) is 0 Å². The van der Waals surface area contributed by atoms with E-state index in [1.54, 1.807) is 17.2 Å². The summed E-state index contributed by atoms with van der Waals surface area (Å²) in [7, 11) is 0. The molecule has 0 bridgehead atoms. The molecule has 5 nitrogen and oxygen atoms in total. The van der Waals surface area contributed by atoms with Gasteiger partial charge in [-0.1, -0.05) is 18.2 Å². The van der Waals surface area contributed by atoms with E-state index >= 15 is 0 Å². The van der Waals surface area contributed by atoms with Crippen molar-refractivity contribution in [2.24, 2.45) is 0 Å². The monoisotopic (exact) mass is 256 g/mol. The number of fused-ring (bicyclic) bond motifs is 3. The molecule has 96 valence electrons. The summed E-state index contributed by atoms with van der Waals surface area (Å²) >= 11 is 0. The molecule has 1 unspecified atom stereocenters. The summed E-state index contributed by atoms with van der Waals surface area (Å²) in [5.41, 5.74) is 0.742. The third-order valence-electron chi connectivity index (χ3n) is 3.64. The van der Waals surface area contributed by atoms with Crippen LogP contribution in [0.25, 0.3) is 0 Å². The maximum atomic E-state index is 12.2. The number of hydrogen-bond acceptors (Lipinski definition) is 3. The van der Waals surface area contributed by atoms with Gasteiger partial charge in [-0.2, -0.15) is 0 Å². The molecule has 1 saturated heterocycles. The second-order valence-corrected chi connectivity index (χ2v) is 4.60. The van der Waals surface area contributed by atoms with Gasteiger partial charge in [-0.05, 0) is 18.2 Å². The smallest absolute Gasteiger partial charge is 0.324 e. The van der Waals surface area contributed by atoms with Crippen LogP contribution in [0.4, 0.5) is 10.5 Å². The van der Waals surface area contributed by atoms with Crippen molar-refractivity contribution in [1.82, 2.24) is 4.90 Å². The van der Waals surface area contributed by atoms with Crippen LogP contribution in [0.5, 0.6) is 0 Å². The maximum Gasteiger partial charge on any atom is 0.324 e. The maximum absolute atomic E-state index is 12.2. The van der Waals surface area contributed by atoms with Crippen LogP contribution in [0.1, 0.15) is 11.3 Å². The van der Waals surface area contributed by atoms with Crippen molar-refractivity contribution in [3.63, 3.8) is 0 Å². The van der Waals surface area contributed by atoms with E-state index in [4.69, 9.17) is 9.15 Å². The lowest BCUT2D eigenvalue weighted by Crippen LogP contribution is -2.52. The molecular formula is C14H12N2O3. The fourth-order valence-corrected chi connectivity index (χ4v) is 2.87. The van der Waals surface area contributed by atoms with E-state index in [2.05, 4.69) is 5.32 Å². The quantitative estimate of drug-likeness (QED) is 0.852. The van der Waals surface area contributed by atoms with Gasteiger partial charge in [0.2, 0.25) is 5.72 Å². The van der Waals surface area contributed by atoms with E-state index in [1.165, 1.54) is 0 Å². The van der Waals surface area contributed by atoms with Crippen LogP contribution in [-0.4, -0.2) is 24.1 Å². The number of rotatable bonds is 1. The van der Waals surface area contributed by atoms with E-state index in [1.807, 2.05) is 30.3 Å². The number of hydrogen-bond donors (Lipinski definition) is 1. The summed E-state index contributed by atoms with van der Waals surface area (Å²) in [6.45, 7) is 1.03. The van der Waals surface area contributed by atoms with Gasteiger partial charge in [-0.25, -0.2) is 4.79 Å². The molecule has 3 heterocycles. The minimum absolute atomic E-state index is 0.160. The topological polar surface area (TPSA) is 54.7 Å². The van der Waals surface area contributed by atoms with Gasteiger partial charge < -0.3 is 14.5 Å². The predicted octanol–water partition coefficient (Wildman–Crippen LogP) is 2.36. The highest BCUT2D eigenvalue weighted by Gasteiger charge is 2.54. The van der Waals surface area contributed by atoms with Gasteiger partial charge in [0.15, 0.2) is 5.76 Å². The summed E-state index contributed by atoms with van der Waals surface area (Å²) in [6, 6.07) is 11.1. The molecule has 0 aliphatic carbocycles. The molecule has 2 aromatic rings. The third-order valence-corrected chi connectivity index (χ3v) is 3.64. The van der Waals surface area contributed by atoms with Gasteiger partial charge in [-0.3, -0.25) is 4.90 Å². The Labute approximate surface area is 109 Å². The molecule has 2 aliphatic rings. The first-order valence-electron chi connectivity index (χ1n) is 6.18. The Morgan fingerprint density at radius 1 is 1.21 bits per heavy atom. The Morgan fingerprint density at radius 2 is 2.11 bits per heavy atom. The van der Waals surface area contributed by atoms with E-state index < -0.39 is 5.72 Å². The van der Waals surface area contributed by atoms with E-state index in [0.717, 1.165) is 11.3 Å². The van der Waals surface area contributed by atoms with Crippen molar-refractivity contribution < 1.29 is 13.9 Å².